The van der Waals surface area contributed by atoms with Gasteiger partial charge < -0.3 is 5.11 Å². The van der Waals surface area contributed by atoms with Gasteiger partial charge in [-0.3, -0.25) is 0 Å². The van der Waals surface area contributed by atoms with Crippen molar-refractivity contribution in [1.82, 2.24) is 14.6 Å². The van der Waals surface area contributed by atoms with E-state index >= 15 is 0 Å². The first kappa shape index (κ1) is 22.0. The van der Waals surface area contributed by atoms with Gasteiger partial charge in [0.05, 0.1) is 17.5 Å². The fourth-order valence-electron chi connectivity index (χ4n) is 3.84. The molecule has 1 unspecified atom stereocenters. The average Bonchev–Trinajstić information content (AvgIpc) is 3.22. The zero-order valence-corrected chi connectivity index (χ0v) is 17.4. The van der Waals surface area contributed by atoms with Crippen LogP contribution in [0.25, 0.3) is 16.8 Å². The van der Waals surface area contributed by atoms with Gasteiger partial charge in [0.2, 0.25) is 0 Å². The van der Waals surface area contributed by atoms with Crippen LogP contribution >= 0.6 is 0 Å². The molecule has 2 radical (unpaired) electrons. The standard InChI is InChI=1S/C25H22F3N3O/c1-24(13-5-15-32,16-18-6-3-2-4-7-18)22-12-14-29-23-21(17-30-31(22)23)19-8-10-20(11-9-19)25(26,27)28/h2-4,6-14,16-17,32H,5,15H2,1H3. The van der Waals surface area contributed by atoms with Crippen molar-refractivity contribution < 1.29 is 18.3 Å². The van der Waals surface area contributed by atoms with Crippen LogP contribution in [0.4, 0.5) is 13.2 Å². The normalized spacial score (nSPS) is 13.9. The van der Waals surface area contributed by atoms with Gasteiger partial charge in [-0.15, -0.1) is 0 Å². The minimum atomic E-state index is -4.39. The van der Waals surface area contributed by atoms with Gasteiger partial charge >= 0.3 is 6.18 Å². The third-order valence-electron chi connectivity index (χ3n) is 5.44. The van der Waals surface area contributed by atoms with Crippen LogP contribution in [0.15, 0.2) is 73.1 Å². The fraction of sp³-hybridized carbons (Fsp3) is 0.200. The molecule has 0 aliphatic heterocycles. The number of rotatable bonds is 7. The van der Waals surface area contributed by atoms with E-state index in [4.69, 9.17) is 0 Å². The predicted molar refractivity (Wildman–Crippen MR) is 117 cm³/mol. The maximum Gasteiger partial charge on any atom is 0.416 e. The Kier molecular flexibility index (Phi) is 6.02. The van der Waals surface area contributed by atoms with Crippen LogP contribution in [0.5, 0.6) is 0 Å². The van der Waals surface area contributed by atoms with Gasteiger partial charge in [0.1, 0.15) is 0 Å². The Bertz CT molecular complexity index is 1190. The number of benzene rings is 2. The van der Waals surface area contributed by atoms with Crippen LogP contribution in [-0.2, 0) is 11.6 Å². The highest BCUT2D eigenvalue weighted by atomic mass is 19.4. The minimum Gasteiger partial charge on any atom is -0.396 e. The van der Waals surface area contributed by atoms with Gasteiger partial charge in [0, 0.05) is 30.2 Å². The number of aliphatic hydroxyl groups is 1. The van der Waals surface area contributed by atoms with Crippen LogP contribution in [-0.4, -0.2) is 26.3 Å². The highest BCUT2D eigenvalue weighted by molar-refractivity contribution is 5.77. The molecule has 0 saturated carbocycles. The summed E-state index contributed by atoms with van der Waals surface area (Å²) in [6, 6.07) is 16.7. The summed E-state index contributed by atoms with van der Waals surface area (Å²) in [6.07, 6.45) is 3.50. The largest absolute Gasteiger partial charge is 0.416 e. The van der Waals surface area contributed by atoms with Gasteiger partial charge in [0.15, 0.2) is 5.65 Å². The first-order chi connectivity index (χ1) is 15.3. The minimum absolute atomic E-state index is 0.0162. The SMILES string of the molecule is CC([CH]CCO)([CH]c1ccccc1)c1ccnc2c(-c3ccc(C(F)(F)F)cc3)cnn12. The van der Waals surface area contributed by atoms with E-state index in [0.29, 0.717) is 23.2 Å². The molecular formula is C25H22F3N3O. The molecule has 0 bridgehead atoms. The molecule has 1 atom stereocenters. The Morgan fingerprint density at radius 2 is 1.72 bits per heavy atom. The number of aromatic nitrogens is 3. The van der Waals surface area contributed by atoms with Gasteiger partial charge in [-0.2, -0.15) is 18.3 Å². The summed E-state index contributed by atoms with van der Waals surface area (Å²) in [4.78, 5) is 4.45. The third kappa shape index (κ3) is 4.39. The van der Waals surface area contributed by atoms with Crippen molar-refractivity contribution in [3.8, 4) is 11.1 Å². The van der Waals surface area contributed by atoms with Crippen molar-refractivity contribution in [3.63, 3.8) is 0 Å². The van der Waals surface area contributed by atoms with E-state index in [-0.39, 0.29) is 6.61 Å². The molecule has 4 nitrogen and oxygen atoms in total. The van der Waals surface area contributed by atoms with Crippen LogP contribution in [0.3, 0.4) is 0 Å². The second-order valence-electron chi connectivity index (χ2n) is 7.75. The van der Waals surface area contributed by atoms with E-state index in [1.807, 2.05) is 49.7 Å². The number of alkyl halides is 3. The molecule has 4 aromatic rings. The van der Waals surface area contributed by atoms with E-state index in [2.05, 4.69) is 16.5 Å². The molecule has 0 spiro atoms. The third-order valence-corrected chi connectivity index (χ3v) is 5.44. The number of aliphatic hydroxyl groups excluding tert-OH is 1. The quantitative estimate of drug-likeness (QED) is 0.415. The zero-order valence-electron chi connectivity index (χ0n) is 17.4. The molecule has 0 saturated heterocycles. The van der Waals surface area contributed by atoms with Gasteiger partial charge in [-0.25, -0.2) is 9.50 Å². The molecule has 7 heteroatoms. The maximum absolute atomic E-state index is 12.9. The first-order valence-electron chi connectivity index (χ1n) is 10.2. The van der Waals surface area contributed by atoms with Crippen molar-refractivity contribution in [3.05, 3.63) is 103 Å². The van der Waals surface area contributed by atoms with Crippen LogP contribution < -0.4 is 0 Å². The molecule has 2 aromatic heterocycles. The molecule has 2 heterocycles. The maximum atomic E-state index is 12.9. The number of hydrogen-bond donors (Lipinski definition) is 1. The van der Waals surface area contributed by atoms with E-state index in [1.54, 1.807) is 16.9 Å². The Morgan fingerprint density at radius 1 is 1.00 bits per heavy atom. The molecular weight excluding hydrogens is 415 g/mol. The lowest BCUT2D eigenvalue weighted by Crippen LogP contribution is -2.28. The van der Waals surface area contributed by atoms with Crippen molar-refractivity contribution in [2.24, 2.45) is 0 Å². The molecule has 0 amide bonds. The molecule has 164 valence electrons. The number of halogens is 3. The Balaban J connectivity index is 1.77. The Hall–Kier alpha value is -3.19. The van der Waals surface area contributed by atoms with Crippen molar-refractivity contribution in [2.45, 2.75) is 24.9 Å². The zero-order chi connectivity index (χ0) is 22.8. The summed E-state index contributed by atoms with van der Waals surface area (Å²) in [7, 11) is 0. The highest BCUT2D eigenvalue weighted by Gasteiger charge is 2.32. The second-order valence-corrected chi connectivity index (χ2v) is 7.75. The summed E-state index contributed by atoms with van der Waals surface area (Å²) in [5.41, 5.74) is 2.37. The Labute approximate surface area is 184 Å². The number of nitrogens with zero attached hydrogens (tertiary/aromatic N) is 3. The molecule has 0 aliphatic rings. The molecule has 0 fully saturated rings. The Morgan fingerprint density at radius 3 is 2.38 bits per heavy atom. The number of fused-ring (bicyclic) bond motifs is 1. The summed E-state index contributed by atoms with van der Waals surface area (Å²) in [6.45, 7) is 2.05. The average molecular weight is 437 g/mol. The summed E-state index contributed by atoms with van der Waals surface area (Å²) in [5, 5.41) is 13.9. The van der Waals surface area contributed by atoms with Crippen molar-refractivity contribution in [2.75, 3.05) is 6.61 Å². The van der Waals surface area contributed by atoms with Crippen molar-refractivity contribution in [1.29, 1.82) is 0 Å². The van der Waals surface area contributed by atoms with Gasteiger partial charge in [-0.1, -0.05) is 49.4 Å². The first-order valence-corrected chi connectivity index (χ1v) is 10.2. The smallest absolute Gasteiger partial charge is 0.396 e. The molecule has 0 aliphatic carbocycles. The molecule has 32 heavy (non-hydrogen) atoms. The lowest BCUT2D eigenvalue weighted by atomic mass is 9.76. The topological polar surface area (TPSA) is 50.4 Å². The van der Waals surface area contributed by atoms with Crippen LogP contribution in [0.1, 0.15) is 30.2 Å². The molecule has 2 aromatic carbocycles. The fourth-order valence-corrected chi connectivity index (χ4v) is 3.84. The van der Waals surface area contributed by atoms with E-state index in [1.165, 1.54) is 12.1 Å². The summed E-state index contributed by atoms with van der Waals surface area (Å²) < 4.78 is 40.5. The van der Waals surface area contributed by atoms with Crippen molar-refractivity contribution >= 4 is 5.65 Å². The van der Waals surface area contributed by atoms with Gasteiger partial charge in [0.25, 0.3) is 0 Å². The van der Waals surface area contributed by atoms with Crippen LogP contribution in [0.2, 0.25) is 0 Å². The number of hydrogen-bond acceptors (Lipinski definition) is 3. The lowest BCUT2D eigenvalue weighted by molar-refractivity contribution is -0.137. The van der Waals surface area contributed by atoms with E-state index in [9.17, 15) is 18.3 Å². The van der Waals surface area contributed by atoms with E-state index < -0.39 is 17.2 Å². The van der Waals surface area contributed by atoms with Crippen LogP contribution in [0, 0.1) is 12.8 Å². The van der Waals surface area contributed by atoms with E-state index in [0.717, 1.165) is 23.4 Å². The lowest BCUT2D eigenvalue weighted by Gasteiger charge is -2.30. The second kappa shape index (κ2) is 8.74. The monoisotopic (exact) mass is 437 g/mol. The van der Waals surface area contributed by atoms with Gasteiger partial charge in [-0.05, 0) is 42.2 Å². The predicted octanol–water partition coefficient (Wildman–Crippen LogP) is 5.51. The summed E-state index contributed by atoms with van der Waals surface area (Å²) in [5.74, 6) is 0. The molecule has 4 rings (SSSR count). The highest BCUT2D eigenvalue weighted by Crippen LogP contribution is 2.36. The molecule has 1 N–H and O–H groups in total. The summed E-state index contributed by atoms with van der Waals surface area (Å²) >= 11 is 0.